The number of hydrogen-bond acceptors (Lipinski definition) is 7. The second-order valence-corrected chi connectivity index (χ2v) is 7.24. The lowest BCUT2D eigenvalue weighted by Gasteiger charge is -2.17. The Hall–Kier alpha value is -4.01. The predicted octanol–water partition coefficient (Wildman–Crippen LogP) is 2.78. The van der Waals surface area contributed by atoms with Crippen molar-refractivity contribution in [1.29, 1.82) is 0 Å². The van der Waals surface area contributed by atoms with Crippen LogP contribution in [-0.4, -0.2) is 37.3 Å². The highest BCUT2D eigenvalue weighted by Gasteiger charge is 2.21. The van der Waals surface area contributed by atoms with E-state index in [1.54, 1.807) is 18.6 Å². The average molecular weight is 400 g/mol. The number of benzene rings is 1. The first-order chi connectivity index (χ1) is 14.6. The van der Waals surface area contributed by atoms with Crippen molar-refractivity contribution in [2.24, 2.45) is 0 Å². The Morgan fingerprint density at radius 1 is 1.17 bits per heavy atom. The summed E-state index contributed by atoms with van der Waals surface area (Å²) in [5.41, 5.74) is 4.66. The second-order valence-electron chi connectivity index (χ2n) is 7.24. The van der Waals surface area contributed by atoms with Crippen LogP contribution in [0, 0.1) is 6.92 Å². The lowest BCUT2D eigenvalue weighted by molar-refractivity contribution is -0.117. The molecule has 9 nitrogen and oxygen atoms in total. The molecule has 3 aromatic heterocycles. The van der Waals surface area contributed by atoms with Gasteiger partial charge in [-0.05, 0) is 37.6 Å². The summed E-state index contributed by atoms with van der Waals surface area (Å²) in [7, 11) is 0. The van der Waals surface area contributed by atoms with Gasteiger partial charge in [-0.2, -0.15) is 9.89 Å². The second kappa shape index (κ2) is 7.11. The van der Waals surface area contributed by atoms with Crippen molar-refractivity contribution in [2.45, 2.75) is 19.8 Å². The maximum atomic E-state index is 12.0. The molecule has 1 aliphatic rings. The molecule has 150 valence electrons. The average Bonchev–Trinajstić information content (AvgIpc) is 3.31. The minimum atomic E-state index is 0.160. The molecule has 1 aliphatic heterocycles. The van der Waals surface area contributed by atoms with Crippen LogP contribution in [-0.2, 0) is 4.79 Å². The quantitative estimate of drug-likeness (QED) is 0.506. The number of carbonyl (C=O) groups excluding carboxylic acids is 1. The van der Waals surface area contributed by atoms with E-state index in [1.807, 2.05) is 42.2 Å². The molecular formula is C21H20N8O. The van der Waals surface area contributed by atoms with Crippen LogP contribution in [0.5, 0.6) is 0 Å². The SMILES string of the molecule is Cc1nn(N)c2ncc(-c3cncc(Nc4cccc(N5CCCC5=O)c4)n3)cc12. The number of amides is 1. The topological polar surface area (TPSA) is 115 Å². The monoisotopic (exact) mass is 400 g/mol. The molecular weight excluding hydrogens is 380 g/mol. The number of aromatic nitrogens is 5. The third-order valence-electron chi connectivity index (χ3n) is 5.17. The van der Waals surface area contributed by atoms with Gasteiger partial charge in [0.25, 0.3) is 0 Å². The van der Waals surface area contributed by atoms with Crippen LogP contribution in [0.4, 0.5) is 17.2 Å². The normalized spacial score (nSPS) is 13.9. The van der Waals surface area contributed by atoms with Crippen LogP contribution in [0.3, 0.4) is 0 Å². The van der Waals surface area contributed by atoms with Gasteiger partial charge in [-0.1, -0.05) is 6.07 Å². The van der Waals surface area contributed by atoms with Crippen molar-refractivity contribution < 1.29 is 4.79 Å². The molecule has 0 bridgehead atoms. The summed E-state index contributed by atoms with van der Waals surface area (Å²) in [6, 6.07) is 9.71. The Morgan fingerprint density at radius 2 is 2.07 bits per heavy atom. The number of rotatable bonds is 4. The fourth-order valence-electron chi connectivity index (χ4n) is 3.70. The van der Waals surface area contributed by atoms with Gasteiger partial charge in [0.2, 0.25) is 5.91 Å². The Bertz CT molecular complexity index is 1270. The Labute approximate surface area is 172 Å². The molecule has 0 aliphatic carbocycles. The molecule has 0 unspecified atom stereocenters. The van der Waals surface area contributed by atoms with Crippen molar-refractivity contribution in [3.8, 4) is 11.3 Å². The summed E-state index contributed by atoms with van der Waals surface area (Å²) < 4.78 is 0. The molecule has 1 aromatic carbocycles. The van der Waals surface area contributed by atoms with Crippen LogP contribution in [0.1, 0.15) is 18.5 Å². The third kappa shape index (κ3) is 3.20. The first-order valence-electron chi connectivity index (χ1n) is 9.69. The molecule has 4 aromatic rings. The number of nitrogen functional groups attached to an aromatic ring is 1. The van der Waals surface area contributed by atoms with Crippen LogP contribution >= 0.6 is 0 Å². The molecule has 0 radical (unpaired) electrons. The standard InChI is InChI=1S/C21H20N8O/c1-13-17-8-14(10-24-21(17)29(22)27-13)18-11-23-12-19(26-18)25-15-4-2-5-16(9-15)28-7-3-6-20(28)30/h2,4-5,8-12H,3,6-7,22H2,1H3,(H,25,26). The lowest BCUT2D eigenvalue weighted by Crippen LogP contribution is -2.23. The first-order valence-corrected chi connectivity index (χ1v) is 9.69. The largest absolute Gasteiger partial charge is 0.339 e. The van der Waals surface area contributed by atoms with E-state index in [4.69, 9.17) is 5.84 Å². The molecule has 5 rings (SSSR count). The smallest absolute Gasteiger partial charge is 0.227 e. The molecule has 4 heterocycles. The van der Waals surface area contributed by atoms with Gasteiger partial charge < -0.3 is 16.1 Å². The van der Waals surface area contributed by atoms with E-state index < -0.39 is 0 Å². The van der Waals surface area contributed by atoms with Gasteiger partial charge in [0, 0.05) is 41.5 Å². The fraction of sp³-hybridized carbons (Fsp3) is 0.190. The third-order valence-corrected chi connectivity index (χ3v) is 5.17. The summed E-state index contributed by atoms with van der Waals surface area (Å²) in [6.07, 6.45) is 6.55. The van der Waals surface area contributed by atoms with Gasteiger partial charge >= 0.3 is 0 Å². The van der Waals surface area contributed by atoms with Crippen molar-refractivity contribution in [3.05, 3.63) is 54.6 Å². The number of nitrogens with one attached hydrogen (secondary N) is 1. The molecule has 1 fully saturated rings. The van der Waals surface area contributed by atoms with E-state index >= 15 is 0 Å². The van der Waals surface area contributed by atoms with Gasteiger partial charge in [0.05, 0.1) is 23.8 Å². The van der Waals surface area contributed by atoms with E-state index in [-0.39, 0.29) is 5.91 Å². The number of aryl methyl sites for hydroxylation is 1. The highest BCUT2D eigenvalue weighted by molar-refractivity contribution is 5.95. The molecule has 1 saturated heterocycles. The minimum absolute atomic E-state index is 0.160. The van der Waals surface area contributed by atoms with Crippen molar-refractivity contribution in [1.82, 2.24) is 24.8 Å². The zero-order valence-corrected chi connectivity index (χ0v) is 16.4. The summed E-state index contributed by atoms with van der Waals surface area (Å²) >= 11 is 0. The summed E-state index contributed by atoms with van der Waals surface area (Å²) in [4.78, 5) is 28.5. The lowest BCUT2D eigenvalue weighted by atomic mass is 10.1. The number of fused-ring (bicyclic) bond motifs is 1. The Kier molecular flexibility index (Phi) is 4.27. The Morgan fingerprint density at radius 3 is 2.90 bits per heavy atom. The zero-order valence-electron chi connectivity index (χ0n) is 16.4. The summed E-state index contributed by atoms with van der Waals surface area (Å²) in [5, 5.41) is 8.35. The predicted molar refractivity (Wildman–Crippen MR) is 115 cm³/mol. The van der Waals surface area contributed by atoms with Gasteiger partial charge in [0.15, 0.2) is 5.65 Å². The number of nitrogens with zero attached hydrogens (tertiary/aromatic N) is 6. The summed E-state index contributed by atoms with van der Waals surface area (Å²) in [5.74, 6) is 6.58. The van der Waals surface area contributed by atoms with Crippen molar-refractivity contribution in [3.63, 3.8) is 0 Å². The van der Waals surface area contributed by atoms with Crippen LogP contribution in [0.2, 0.25) is 0 Å². The van der Waals surface area contributed by atoms with Gasteiger partial charge in [-0.25, -0.2) is 9.97 Å². The van der Waals surface area contributed by atoms with Crippen LogP contribution < -0.4 is 16.1 Å². The number of hydrogen-bond donors (Lipinski definition) is 2. The van der Waals surface area contributed by atoms with Gasteiger partial charge in [0.1, 0.15) is 5.82 Å². The van der Waals surface area contributed by atoms with E-state index in [9.17, 15) is 4.79 Å². The zero-order chi connectivity index (χ0) is 20.7. The molecule has 9 heteroatoms. The first kappa shape index (κ1) is 18.0. The molecule has 0 saturated carbocycles. The molecule has 0 spiro atoms. The number of nitrogens with two attached hydrogens (primary N) is 1. The maximum absolute atomic E-state index is 12.0. The van der Waals surface area contributed by atoms with E-state index in [1.165, 1.54) is 4.79 Å². The van der Waals surface area contributed by atoms with Gasteiger partial charge in [-0.15, -0.1) is 0 Å². The number of pyridine rings is 1. The Balaban J connectivity index is 1.43. The van der Waals surface area contributed by atoms with Crippen LogP contribution in [0.15, 0.2) is 48.9 Å². The number of anilines is 3. The van der Waals surface area contributed by atoms with Crippen LogP contribution in [0.25, 0.3) is 22.3 Å². The van der Waals surface area contributed by atoms with E-state index in [2.05, 4.69) is 25.4 Å². The van der Waals surface area contributed by atoms with E-state index in [0.29, 0.717) is 23.6 Å². The maximum Gasteiger partial charge on any atom is 0.227 e. The minimum Gasteiger partial charge on any atom is -0.339 e. The molecule has 30 heavy (non-hydrogen) atoms. The highest BCUT2D eigenvalue weighted by atomic mass is 16.2. The van der Waals surface area contributed by atoms with Crippen molar-refractivity contribution >= 4 is 34.1 Å². The summed E-state index contributed by atoms with van der Waals surface area (Å²) in [6.45, 7) is 2.64. The molecule has 3 N–H and O–H groups in total. The van der Waals surface area contributed by atoms with Crippen molar-refractivity contribution in [2.75, 3.05) is 22.6 Å². The van der Waals surface area contributed by atoms with E-state index in [0.717, 1.165) is 41.0 Å². The number of carbonyl (C=O) groups is 1. The highest BCUT2D eigenvalue weighted by Crippen LogP contribution is 2.27. The molecule has 1 amide bonds. The molecule has 0 atom stereocenters. The fourth-order valence-corrected chi connectivity index (χ4v) is 3.70. The van der Waals surface area contributed by atoms with Gasteiger partial charge in [-0.3, -0.25) is 9.78 Å².